The van der Waals surface area contributed by atoms with Gasteiger partial charge in [-0.15, -0.1) is 0 Å². The molecule has 4 heteroatoms. The van der Waals surface area contributed by atoms with E-state index in [1.54, 1.807) is 0 Å². The molecular formula is C28H26O4. The summed E-state index contributed by atoms with van der Waals surface area (Å²) in [5.74, 6) is 0. The van der Waals surface area contributed by atoms with E-state index in [4.69, 9.17) is 9.47 Å². The summed E-state index contributed by atoms with van der Waals surface area (Å²) in [5.41, 5.74) is 1.32. The minimum absolute atomic E-state index is 0.182. The van der Waals surface area contributed by atoms with Gasteiger partial charge in [-0.2, -0.15) is 0 Å². The summed E-state index contributed by atoms with van der Waals surface area (Å²) < 4.78 is 11.3. The summed E-state index contributed by atoms with van der Waals surface area (Å²) in [6, 6.07) is 24.3. The van der Waals surface area contributed by atoms with Crippen molar-refractivity contribution >= 4 is 43.1 Å². The second-order valence-electron chi connectivity index (χ2n) is 8.77. The number of aryl methyl sites for hydroxylation is 1. The van der Waals surface area contributed by atoms with Crippen molar-refractivity contribution < 1.29 is 19.7 Å². The van der Waals surface area contributed by atoms with Crippen LogP contribution in [-0.2, 0) is 15.9 Å². The van der Waals surface area contributed by atoms with Crippen LogP contribution in [0.15, 0.2) is 66.7 Å². The van der Waals surface area contributed by atoms with E-state index in [1.807, 2.05) is 0 Å². The number of hydrogen-bond acceptors (Lipinski definition) is 4. The van der Waals surface area contributed by atoms with Gasteiger partial charge < -0.3 is 19.7 Å². The van der Waals surface area contributed by atoms with E-state index in [9.17, 15) is 10.2 Å². The zero-order chi connectivity index (χ0) is 21.7. The van der Waals surface area contributed by atoms with Crippen LogP contribution in [0.5, 0.6) is 0 Å². The van der Waals surface area contributed by atoms with E-state index in [0.29, 0.717) is 13.0 Å². The van der Waals surface area contributed by atoms with Crippen molar-refractivity contribution in [1.29, 1.82) is 0 Å². The zero-order valence-corrected chi connectivity index (χ0v) is 17.8. The number of rotatable bonds is 6. The highest BCUT2D eigenvalue weighted by atomic mass is 16.7. The van der Waals surface area contributed by atoms with Gasteiger partial charge in [0.25, 0.3) is 0 Å². The van der Waals surface area contributed by atoms with Crippen LogP contribution >= 0.6 is 0 Å². The van der Waals surface area contributed by atoms with Gasteiger partial charge in [0.1, 0.15) is 6.10 Å². The largest absolute Gasteiger partial charge is 0.394 e. The Labute approximate surface area is 186 Å². The minimum atomic E-state index is -0.655. The van der Waals surface area contributed by atoms with Crippen molar-refractivity contribution in [2.45, 2.75) is 37.8 Å². The van der Waals surface area contributed by atoms with Crippen molar-refractivity contribution in [2.24, 2.45) is 0 Å². The molecule has 0 radical (unpaired) electrons. The molecule has 0 aromatic heterocycles. The van der Waals surface area contributed by atoms with Gasteiger partial charge >= 0.3 is 0 Å². The van der Waals surface area contributed by atoms with Gasteiger partial charge in [-0.3, -0.25) is 0 Å². The van der Waals surface area contributed by atoms with E-state index < -0.39 is 18.5 Å². The SMILES string of the molecule is OC[C@H]1O[C@H](OCCCc2ccc3c4cccc5cccc(c6cccc2c63)c54)C[C@@H]1O. The number of hydrogen-bond donors (Lipinski definition) is 2. The first kappa shape index (κ1) is 19.9. The molecule has 4 nitrogen and oxygen atoms in total. The summed E-state index contributed by atoms with van der Waals surface area (Å²) in [7, 11) is 0. The Hall–Kier alpha value is -2.76. The van der Waals surface area contributed by atoms with Gasteiger partial charge in [-0.05, 0) is 61.5 Å². The first-order valence-electron chi connectivity index (χ1n) is 11.4. The fourth-order valence-electron chi connectivity index (χ4n) is 5.36. The predicted octanol–water partition coefficient (Wildman–Crippen LogP) is 5.15. The fourth-order valence-corrected chi connectivity index (χ4v) is 5.36. The van der Waals surface area contributed by atoms with Crippen molar-refractivity contribution in [1.82, 2.24) is 0 Å². The molecule has 0 unspecified atom stereocenters. The van der Waals surface area contributed by atoms with Crippen molar-refractivity contribution in [3.8, 4) is 0 Å². The highest BCUT2D eigenvalue weighted by Crippen LogP contribution is 2.41. The van der Waals surface area contributed by atoms with Crippen LogP contribution in [-0.4, -0.2) is 41.9 Å². The summed E-state index contributed by atoms with van der Waals surface area (Å²) in [6.45, 7) is 0.374. The minimum Gasteiger partial charge on any atom is -0.394 e. The third-order valence-electron chi connectivity index (χ3n) is 6.88. The molecule has 1 saturated heterocycles. The van der Waals surface area contributed by atoms with Gasteiger partial charge in [0.15, 0.2) is 6.29 Å². The van der Waals surface area contributed by atoms with Gasteiger partial charge in [0, 0.05) is 6.42 Å². The highest BCUT2D eigenvalue weighted by Gasteiger charge is 2.33. The lowest BCUT2D eigenvalue weighted by Gasteiger charge is -2.17. The molecule has 1 fully saturated rings. The molecule has 1 aliphatic rings. The second kappa shape index (κ2) is 7.98. The van der Waals surface area contributed by atoms with E-state index in [0.717, 1.165) is 12.8 Å². The third-order valence-corrected chi connectivity index (χ3v) is 6.88. The Kier molecular flexibility index (Phi) is 4.96. The second-order valence-corrected chi connectivity index (χ2v) is 8.77. The molecule has 2 N–H and O–H groups in total. The van der Waals surface area contributed by atoms with Crippen molar-refractivity contribution in [2.75, 3.05) is 13.2 Å². The molecule has 1 aliphatic heterocycles. The first-order valence-corrected chi connectivity index (χ1v) is 11.4. The lowest BCUT2D eigenvalue weighted by atomic mass is 9.88. The molecule has 1 heterocycles. The summed E-state index contributed by atoms with van der Waals surface area (Å²) in [5, 5.41) is 29.6. The summed E-state index contributed by atoms with van der Waals surface area (Å²) in [6.07, 6.45) is 0.563. The maximum absolute atomic E-state index is 9.85. The van der Waals surface area contributed by atoms with Gasteiger partial charge in [-0.1, -0.05) is 66.7 Å². The Morgan fingerprint density at radius 3 is 2.19 bits per heavy atom. The number of aliphatic hydroxyl groups excluding tert-OH is 2. The van der Waals surface area contributed by atoms with Gasteiger partial charge in [0.05, 0.1) is 19.3 Å². The first-order chi connectivity index (χ1) is 15.7. The van der Waals surface area contributed by atoms with Crippen LogP contribution in [0.4, 0.5) is 0 Å². The maximum atomic E-state index is 9.85. The average Bonchev–Trinajstić information content (AvgIpc) is 3.20. The molecule has 3 atom stereocenters. The molecule has 0 aliphatic carbocycles. The Morgan fingerprint density at radius 2 is 1.47 bits per heavy atom. The Bertz CT molecular complexity index is 1360. The van der Waals surface area contributed by atoms with E-state index in [2.05, 4.69) is 66.7 Å². The molecule has 5 aromatic carbocycles. The third kappa shape index (κ3) is 3.14. The normalized spacial score (nSPS) is 21.5. The fraction of sp³-hybridized carbons (Fsp3) is 0.286. The Morgan fingerprint density at radius 1 is 0.812 bits per heavy atom. The van der Waals surface area contributed by atoms with Crippen LogP contribution in [0.2, 0.25) is 0 Å². The molecule has 0 saturated carbocycles. The van der Waals surface area contributed by atoms with Crippen LogP contribution in [0, 0.1) is 0 Å². The van der Waals surface area contributed by atoms with Crippen molar-refractivity contribution in [3.63, 3.8) is 0 Å². The van der Waals surface area contributed by atoms with Crippen molar-refractivity contribution in [3.05, 3.63) is 72.3 Å². The maximum Gasteiger partial charge on any atom is 0.160 e. The van der Waals surface area contributed by atoms with Gasteiger partial charge in [-0.25, -0.2) is 0 Å². The molecule has 0 spiro atoms. The molecule has 5 aromatic rings. The van der Waals surface area contributed by atoms with E-state index >= 15 is 0 Å². The van der Waals surface area contributed by atoms with Crippen LogP contribution in [0.1, 0.15) is 18.4 Å². The number of fused-ring (bicyclic) bond motifs is 2. The number of benzene rings is 5. The lowest BCUT2D eigenvalue weighted by molar-refractivity contribution is -0.143. The number of aliphatic hydroxyl groups is 2. The molecule has 0 bridgehead atoms. The molecule has 6 rings (SSSR count). The van der Waals surface area contributed by atoms with Crippen LogP contribution in [0.25, 0.3) is 43.1 Å². The monoisotopic (exact) mass is 426 g/mol. The topological polar surface area (TPSA) is 58.9 Å². The van der Waals surface area contributed by atoms with Crippen LogP contribution in [0.3, 0.4) is 0 Å². The molecule has 162 valence electrons. The molecule has 0 amide bonds. The molecule has 32 heavy (non-hydrogen) atoms. The number of ether oxygens (including phenoxy) is 2. The predicted molar refractivity (Wildman–Crippen MR) is 128 cm³/mol. The van der Waals surface area contributed by atoms with E-state index in [1.165, 1.54) is 48.7 Å². The highest BCUT2D eigenvalue weighted by molar-refractivity contribution is 6.33. The van der Waals surface area contributed by atoms with E-state index in [-0.39, 0.29) is 6.61 Å². The lowest BCUT2D eigenvalue weighted by Crippen LogP contribution is -2.24. The standard InChI is InChI=1S/C28H26O4/c29-16-25-24(30)15-26(32-25)31-14-4-7-17-12-13-23-21-10-2-6-18-5-1-9-20(27(18)21)22-11-3-8-19(17)28(22)23/h1-3,5-6,8-13,24-26,29-30H,4,7,14-16H2/t24-,25+,26-/m0/s1. The molecular weight excluding hydrogens is 400 g/mol. The Balaban J connectivity index is 1.31. The smallest absolute Gasteiger partial charge is 0.160 e. The quantitative estimate of drug-likeness (QED) is 0.224. The average molecular weight is 427 g/mol. The summed E-state index contributed by atoms with van der Waals surface area (Å²) in [4.78, 5) is 0. The van der Waals surface area contributed by atoms with Gasteiger partial charge in [0.2, 0.25) is 0 Å². The zero-order valence-electron chi connectivity index (χ0n) is 17.8. The summed E-state index contributed by atoms with van der Waals surface area (Å²) >= 11 is 0. The van der Waals surface area contributed by atoms with Crippen LogP contribution < -0.4 is 0 Å².